The highest BCUT2D eigenvalue weighted by molar-refractivity contribution is 5.88. The number of hydrogen-bond donors (Lipinski definition) is 1. The van der Waals surface area contributed by atoms with Gasteiger partial charge in [0.15, 0.2) is 23.1 Å². The molecular weight excluding hydrogens is 475 g/mol. The summed E-state index contributed by atoms with van der Waals surface area (Å²) in [6.07, 6.45) is 6.39. The molecule has 0 saturated carbocycles. The number of H-pyrrole nitrogens is 1. The van der Waals surface area contributed by atoms with Crippen molar-refractivity contribution in [3.8, 4) is 23.0 Å². The Morgan fingerprint density at radius 1 is 1.05 bits per heavy atom. The highest BCUT2D eigenvalue weighted by atomic mass is 19.1. The molecule has 3 aromatic heterocycles. The van der Waals surface area contributed by atoms with Gasteiger partial charge in [-0.25, -0.2) is 9.37 Å². The molecule has 5 heterocycles. The number of pyridine rings is 2. The molecule has 2 saturated heterocycles. The molecule has 2 fully saturated rings. The minimum absolute atomic E-state index is 0.0479. The van der Waals surface area contributed by atoms with Crippen LogP contribution in [-0.4, -0.2) is 66.4 Å². The van der Waals surface area contributed by atoms with Gasteiger partial charge in [-0.05, 0) is 57.5 Å². The molecule has 0 bridgehead atoms. The first kappa shape index (κ1) is 23.9. The molecule has 0 unspecified atom stereocenters. The number of methoxy groups -OCH3 is 1. The zero-order chi connectivity index (χ0) is 25.4. The van der Waals surface area contributed by atoms with E-state index in [9.17, 15) is 0 Å². The van der Waals surface area contributed by atoms with Gasteiger partial charge in [-0.1, -0.05) is 0 Å². The number of aromatic amines is 1. The number of ether oxygens (including phenoxy) is 4. The fraction of sp³-hybridized carbons (Fsp3) is 0.429. The zero-order valence-corrected chi connectivity index (χ0v) is 21.2. The summed E-state index contributed by atoms with van der Waals surface area (Å²) in [7, 11) is 1.60. The van der Waals surface area contributed by atoms with E-state index in [4.69, 9.17) is 18.9 Å². The molecule has 2 aliphatic heterocycles. The van der Waals surface area contributed by atoms with Crippen LogP contribution in [0.5, 0.6) is 23.0 Å². The van der Waals surface area contributed by atoms with Crippen LogP contribution < -0.4 is 14.2 Å². The number of rotatable bonds is 8. The van der Waals surface area contributed by atoms with Crippen molar-refractivity contribution in [3.63, 3.8) is 0 Å². The topological polar surface area (TPSA) is 81.7 Å². The van der Waals surface area contributed by atoms with Gasteiger partial charge in [0, 0.05) is 35.3 Å². The predicted octanol–water partition coefficient (Wildman–Crippen LogP) is 5.24. The van der Waals surface area contributed by atoms with Crippen molar-refractivity contribution in [2.45, 2.75) is 26.2 Å². The second kappa shape index (κ2) is 9.79. The van der Waals surface area contributed by atoms with Crippen molar-refractivity contribution < 1.29 is 23.3 Å². The Balaban J connectivity index is 1.14. The molecule has 4 aromatic rings. The van der Waals surface area contributed by atoms with E-state index in [-0.39, 0.29) is 5.75 Å². The van der Waals surface area contributed by atoms with E-state index in [2.05, 4.69) is 19.9 Å². The van der Waals surface area contributed by atoms with E-state index in [0.29, 0.717) is 51.2 Å². The summed E-state index contributed by atoms with van der Waals surface area (Å²) in [5, 5.41) is 1.08. The van der Waals surface area contributed by atoms with Gasteiger partial charge in [0.1, 0.15) is 11.4 Å². The Labute approximate surface area is 214 Å². The third-order valence-electron chi connectivity index (χ3n) is 7.51. The number of nitrogens with one attached hydrogen (secondary N) is 1. The molecule has 1 aromatic carbocycles. The maximum absolute atomic E-state index is 15.1. The molecule has 194 valence electrons. The Hall–Kier alpha value is -3.43. The lowest BCUT2D eigenvalue weighted by molar-refractivity contribution is -0.139. The maximum Gasteiger partial charge on any atom is 0.182 e. The number of halogens is 1. The number of fused-ring (bicyclic) bond motifs is 2. The van der Waals surface area contributed by atoms with Crippen LogP contribution in [0.3, 0.4) is 0 Å². The highest BCUT2D eigenvalue weighted by Gasteiger charge is 2.40. The number of nitrogens with zero attached hydrogens (tertiary/aromatic N) is 3. The van der Waals surface area contributed by atoms with E-state index in [1.807, 2.05) is 19.1 Å². The summed E-state index contributed by atoms with van der Waals surface area (Å²) in [4.78, 5) is 14.3. The van der Waals surface area contributed by atoms with Gasteiger partial charge in [-0.3, -0.25) is 4.98 Å². The molecule has 2 aliphatic rings. The van der Waals surface area contributed by atoms with Crippen LogP contribution in [-0.2, 0) is 4.74 Å². The fourth-order valence-electron chi connectivity index (χ4n) is 5.24. The van der Waals surface area contributed by atoms with Gasteiger partial charge in [0.05, 0.1) is 44.0 Å². The number of piperidine rings is 1. The highest BCUT2D eigenvalue weighted by Crippen LogP contribution is 2.39. The van der Waals surface area contributed by atoms with Crippen LogP contribution in [0, 0.1) is 18.2 Å². The molecule has 1 N–H and O–H groups in total. The Morgan fingerprint density at radius 2 is 1.89 bits per heavy atom. The monoisotopic (exact) mass is 506 g/mol. The largest absolute Gasteiger partial charge is 0.493 e. The number of likely N-dealkylation sites (tertiary alicyclic amines) is 1. The maximum atomic E-state index is 15.1. The van der Waals surface area contributed by atoms with E-state index < -0.39 is 5.82 Å². The van der Waals surface area contributed by atoms with Gasteiger partial charge < -0.3 is 28.8 Å². The third kappa shape index (κ3) is 4.69. The smallest absolute Gasteiger partial charge is 0.182 e. The summed E-state index contributed by atoms with van der Waals surface area (Å²) in [5.41, 5.74) is 2.45. The van der Waals surface area contributed by atoms with Crippen LogP contribution in [0.2, 0.25) is 0 Å². The van der Waals surface area contributed by atoms with Crippen LogP contribution >= 0.6 is 0 Å². The Morgan fingerprint density at radius 3 is 2.65 bits per heavy atom. The summed E-state index contributed by atoms with van der Waals surface area (Å²) in [6, 6.07) is 7.08. The zero-order valence-electron chi connectivity index (χ0n) is 21.2. The summed E-state index contributed by atoms with van der Waals surface area (Å²) in [5.74, 6) is 1.25. The number of benzene rings is 1. The first-order valence-corrected chi connectivity index (χ1v) is 12.7. The molecule has 6 rings (SSSR count). The van der Waals surface area contributed by atoms with Crippen LogP contribution in [0.4, 0.5) is 4.39 Å². The number of aromatic nitrogens is 3. The van der Waals surface area contributed by atoms with Gasteiger partial charge in [0.25, 0.3) is 0 Å². The number of hydrogen-bond acceptors (Lipinski definition) is 7. The molecular formula is C28H31FN4O4. The molecule has 0 atom stereocenters. The second-order valence-electron chi connectivity index (χ2n) is 10.1. The minimum atomic E-state index is -0.462. The molecule has 37 heavy (non-hydrogen) atoms. The van der Waals surface area contributed by atoms with Gasteiger partial charge in [-0.2, -0.15) is 0 Å². The standard InChI is InChI=1S/C28H31FN4O4/c1-18-12-20-26(29)25(15-31-27(20)32-18)37-22-4-7-30-21-14-24(23(34-2)13-19(21)22)36-11-3-8-33-9-5-28(6-10-33)16-35-17-28/h4,7,12-15H,3,5-6,8-11,16-17H2,1-2H3,(H,31,32). The quantitative estimate of drug-likeness (QED) is 0.327. The van der Waals surface area contributed by atoms with E-state index >= 15 is 4.39 Å². The van der Waals surface area contributed by atoms with Gasteiger partial charge >= 0.3 is 0 Å². The lowest BCUT2D eigenvalue weighted by atomic mass is 9.77. The lowest BCUT2D eigenvalue weighted by Gasteiger charge is -2.47. The van der Waals surface area contributed by atoms with Crippen molar-refractivity contribution in [2.75, 3.05) is 46.6 Å². The molecule has 0 amide bonds. The lowest BCUT2D eigenvalue weighted by Crippen LogP contribution is -2.51. The molecule has 0 aliphatic carbocycles. The Kier molecular flexibility index (Phi) is 6.34. The van der Waals surface area contributed by atoms with E-state index in [1.165, 1.54) is 19.0 Å². The van der Waals surface area contributed by atoms with Crippen LogP contribution in [0.1, 0.15) is 25.0 Å². The third-order valence-corrected chi connectivity index (χ3v) is 7.51. The number of aryl methyl sites for hydroxylation is 1. The SMILES string of the molecule is COc1cc2c(Oc3cnc4[nH]c(C)cc4c3F)ccnc2cc1OCCCN1CCC2(CC1)COC2. The summed E-state index contributed by atoms with van der Waals surface area (Å²) < 4.78 is 38.2. The minimum Gasteiger partial charge on any atom is -0.493 e. The van der Waals surface area contributed by atoms with Gasteiger partial charge in [-0.15, -0.1) is 0 Å². The molecule has 9 heteroatoms. The first-order valence-electron chi connectivity index (χ1n) is 12.7. The average Bonchev–Trinajstić information content (AvgIpc) is 3.28. The second-order valence-corrected chi connectivity index (χ2v) is 10.1. The molecule has 1 spiro atoms. The van der Waals surface area contributed by atoms with E-state index in [0.717, 1.165) is 45.0 Å². The van der Waals surface area contributed by atoms with Crippen LogP contribution in [0.25, 0.3) is 21.9 Å². The average molecular weight is 507 g/mol. The van der Waals surface area contributed by atoms with Gasteiger partial charge in [0.2, 0.25) is 0 Å². The Bertz CT molecular complexity index is 1420. The normalized spacial score (nSPS) is 17.3. The molecule has 0 radical (unpaired) electrons. The van der Waals surface area contributed by atoms with E-state index in [1.54, 1.807) is 25.4 Å². The summed E-state index contributed by atoms with van der Waals surface area (Å²) >= 11 is 0. The van der Waals surface area contributed by atoms with Crippen molar-refractivity contribution >= 4 is 21.9 Å². The van der Waals surface area contributed by atoms with Crippen LogP contribution in [0.15, 0.2) is 36.7 Å². The van der Waals surface area contributed by atoms with Crippen molar-refractivity contribution in [3.05, 3.63) is 48.2 Å². The predicted molar refractivity (Wildman–Crippen MR) is 138 cm³/mol. The first-order chi connectivity index (χ1) is 18.0. The summed E-state index contributed by atoms with van der Waals surface area (Å²) in [6.45, 7) is 7.56. The van der Waals surface area contributed by atoms with Crippen molar-refractivity contribution in [1.29, 1.82) is 0 Å². The molecule has 8 nitrogen and oxygen atoms in total. The van der Waals surface area contributed by atoms with Crippen molar-refractivity contribution in [1.82, 2.24) is 19.9 Å². The van der Waals surface area contributed by atoms with Crippen molar-refractivity contribution in [2.24, 2.45) is 5.41 Å². The fourth-order valence-corrected chi connectivity index (χ4v) is 5.24.